The summed E-state index contributed by atoms with van der Waals surface area (Å²) in [4.78, 5) is 5.10. The fraction of sp³-hybridized carbons (Fsp3) is 0.647. The number of fused-ring (bicyclic) bond motifs is 1. The van der Waals surface area contributed by atoms with E-state index in [1.807, 2.05) is 13.1 Å². The molecule has 2 saturated heterocycles. The van der Waals surface area contributed by atoms with Gasteiger partial charge in [0.2, 0.25) is 0 Å². The first-order chi connectivity index (χ1) is 10.1. The first kappa shape index (κ1) is 14.8. The topological polar surface area (TPSA) is 18.5 Å². The molecule has 2 heterocycles. The van der Waals surface area contributed by atoms with Gasteiger partial charge in [-0.25, -0.2) is 4.39 Å². The summed E-state index contributed by atoms with van der Waals surface area (Å²) >= 11 is 0. The predicted molar refractivity (Wildman–Crippen MR) is 85.3 cm³/mol. The highest BCUT2D eigenvalue weighted by Crippen LogP contribution is 2.33. The molecule has 0 saturated carbocycles. The van der Waals surface area contributed by atoms with Crippen LogP contribution in [-0.4, -0.2) is 43.7 Å². The van der Waals surface area contributed by atoms with Gasteiger partial charge < -0.3 is 10.2 Å². The predicted octanol–water partition coefficient (Wildman–Crippen LogP) is 2.78. The zero-order chi connectivity index (χ0) is 15.0. The molecule has 1 aromatic rings. The molecule has 3 unspecified atom stereocenters. The average Bonchev–Trinajstić information content (AvgIpc) is 2.92. The molecule has 1 aromatic carbocycles. The largest absolute Gasteiger partial charge is 0.366 e. The summed E-state index contributed by atoms with van der Waals surface area (Å²) in [5.74, 6) is -0.150. The van der Waals surface area contributed by atoms with Gasteiger partial charge >= 0.3 is 0 Å². The minimum absolute atomic E-state index is 0.150. The summed E-state index contributed by atoms with van der Waals surface area (Å²) in [5, 5.41) is 3.25. The van der Waals surface area contributed by atoms with Gasteiger partial charge in [0.05, 0.1) is 0 Å². The number of piperazine rings is 1. The van der Waals surface area contributed by atoms with Gasteiger partial charge in [-0.05, 0) is 64.0 Å². The fourth-order valence-corrected chi connectivity index (χ4v) is 3.81. The summed E-state index contributed by atoms with van der Waals surface area (Å²) in [6.45, 7) is 7.80. The van der Waals surface area contributed by atoms with Crippen molar-refractivity contribution in [2.24, 2.45) is 0 Å². The van der Waals surface area contributed by atoms with Crippen LogP contribution in [0.2, 0.25) is 0 Å². The molecule has 0 aromatic heterocycles. The van der Waals surface area contributed by atoms with Crippen molar-refractivity contribution in [2.75, 3.05) is 31.6 Å². The Morgan fingerprint density at radius 2 is 2.14 bits per heavy atom. The molecule has 2 aliphatic rings. The zero-order valence-electron chi connectivity index (χ0n) is 13.3. The van der Waals surface area contributed by atoms with Crippen LogP contribution in [0.3, 0.4) is 0 Å². The highest BCUT2D eigenvalue weighted by Gasteiger charge is 2.35. The molecule has 4 heteroatoms. The van der Waals surface area contributed by atoms with Gasteiger partial charge in [0, 0.05) is 36.9 Å². The Hall–Kier alpha value is -1.13. The third-order valence-electron chi connectivity index (χ3n) is 5.14. The van der Waals surface area contributed by atoms with Gasteiger partial charge in [-0.15, -0.1) is 0 Å². The van der Waals surface area contributed by atoms with E-state index in [1.54, 1.807) is 12.1 Å². The summed E-state index contributed by atoms with van der Waals surface area (Å²) in [6.07, 6.45) is 2.61. The van der Waals surface area contributed by atoms with Gasteiger partial charge in [0.1, 0.15) is 5.82 Å². The van der Waals surface area contributed by atoms with Crippen LogP contribution in [0.5, 0.6) is 0 Å². The van der Waals surface area contributed by atoms with Crippen LogP contribution in [0.4, 0.5) is 10.1 Å². The second kappa shape index (κ2) is 5.93. The van der Waals surface area contributed by atoms with Crippen LogP contribution >= 0.6 is 0 Å². The Morgan fingerprint density at radius 1 is 1.33 bits per heavy atom. The maximum absolute atomic E-state index is 13.7. The van der Waals surface area contributed by atoms with Crippen LogP contribution < -0.4 is 10.2 Å². The minimum Gasteiger partial charge on any atom is -0.366 e. The smallest absolute Gasteiger partial charge is 0.123 e. The molecule has 2 aliphatic heterocycles. The van der Waals surface area contributed by atoms with E-state index in [2.05, 4.69) is 29.0 Å². The Morgan fingerprint density at radius 3 is 2.90 bits per heavy atom. The molecule has 0 bridgehead atoms. The summed E-state index contributed by atoms with van der Waals surface area (Å²) in [7, 11) is 1.93. The number of anilines is 1. The van der Waals surface area contributed by atoms with Gasteiger partial charge in [0.25, 0.3) is 0 Å². The van der Waals surface area contributed by atoms with E-state index in [1.165, 1.54) is 25.1 Å². The first-order valence-corrected chi connectivity index (χ1v) is 8.07. The highest BCUT2D eigenvalue weighted by molar-refractivity contribution is 5.56. The Kier molecular flexibility index (Phi) is 4.18. The molecule has 0 aliphatic carbocycles. The molecule has 21 heavy (non-hydrogen) atoms. The summed E-state index contributed by atoms with van der Waals surface area (Å²) in [5.41, 5.74) is 2.26. The highest BCUT2D eigenvalue weighted by atomic mass is 19.1. The quantitative estimate of drug-likeness (QED) is 0.924. The van der Waals surface area contributed by atoms with E-state index in [0.29, 0.717) is 12.1 Å². The Bertz CT molecular complexity index is 505. The van der Waals surface area contributed by atoms with Crippen molar-refractivity contribution in [1.29, 1.82) is 0 Å². The fourth-order valence-electron chi connectivity index (χ4n) is 3.81. The lowest BCUT2D eigenvalue weighted by Crippen LogP contribution is -2.55. The molecule has 1 N–H and O–H groups in total. The number of nitrogens with zero attached hydrogens (tertiary/aromatic N) is 2. The minimum atomic E-state index is -0.150. The molecule has 0 amide bonds. The van der Waals surface area contributed by atoms with Gasteiger partial charge in [-0.3, -0.25) is 4.90 Å². The molecular formula is C17H26FN3. The zero-order valence-corrected chi connectivity index (χ0v) is 13.3. The standard InChI is InChI=1S/C17H26FN3/c1-12-10-20-8-4-5-15(20)11-21(12)17-7-6-14(18)9-16(17)13(2)19-3/h6-7,9,12-13,15,19H,4-5,8,10-11H2,1-3H3. The third kappa shape index (κ3) is 2.79. The summed E-state index contributed by atoms with van der Waals surface area (Å²) in [6, 6.07) is 6.54. The van der Waals surface area contributed by atoms with Gasteiger partial charge in [0.15, 0.2) is 0 Å². The molecule has 3 atom stereocenters. The lowest BCUT2D eigenvalue weighted by atomic mass is 10.0. The lowest BCUT2D eigenvalue weighted by molar-refractivity contribution is 0.202. The molecule has 3 rings (SSSR count). The van der Waals surface area contributed by atoms with Crippen LogP contribution in [-0.2, 0) is 0 Å². The molecule has 3 nitrogen and oxygen atoms in total. The number of halogens is 1. The van der Waals surface area contributed by atoms with Crippen molar-refractivity contribution < 1.29 is 4.39 Å². The van der Waals surface area contributed by atoms with E-state index in [9.17, 15) is 4.39 Å². The Balaban J connectivity index is 1.91. The Labute approximate surface area is 127 Å². The molecule has 116 valence electrons. The molecule has 0 spiro atoms. The normalized spacial score (nSPS) is 27.7. The van der Waals surface area contributed by atoms with E-state index >= 15 is 0 Å². The van der Waals surface area contributed by atoms with Crippen LogP contribution in [0.15, 0.2) is 18.2 Å². The van der Waals surface area contributed by atoms with E-state index < -0.39 is 0 Å². The summed E-state index contributed by atoms with van der Waals surface area (Å²) < 4.78 is 13.7. The van der Waals surface area contributed by atoms with Crippen molar-refractivity contribution in [3.63, 3.8) is 0 Å². The van der Waals surface area contributed by atoms with Crippen molar-refractivity contribution >= 4 is 5.69 Å². The average molecular weight is 291 g/mol. The number of hydrogen-bond donors (Lipinski definition) is 1. The van der Waals surface area contributed by atoms with Crippen molar-refractivity contribution in [1.82, 2.24) is 10.2 Å². The maximum atomic E-state index is 13.7. The van der Waals surface area contributed by atoms with Crippen molar-refractivity contribution in [3.8, 4) is 0 Å². The van der Waals surface area contributed by atoms with Crippen LogP contribution in [0.1, 0.15) is 38.3 Å². The lowest BCUT2D eigenvalue weighted by Gasteiger charge is -2.44. The van der Waals surface area contributed by atoms with Crippen LogP contribution in [0, 0.1) is 5.82 Å². The SMILES string of the molecule is CNC(C)c1cc(F)ccc1N1CC2CCCN2CC1C. The number of hydrogen-bond acceptors (Lipinski definition) is 3. The monoisotopic (exact) mass is 291 g/mol. The second-order valence-corrected chi connectivity index (χ2v) is 6.51. The van der Waals surface area contributed by atoms with E-state index in [-0.39, 0.29) is 11.9 Å². The number of nitrogens with one attached hydrogen (secondary N) is 1. The van der Waals surface area contributed by atoms with E-state index in [0.717, 1.165) is 18.7 Å². The number of rotatable bonds is 3. The maximum Gasteiger partial charge on any atom is 0.123 e. The van der Waals surface area contributed by atoms with Crippen molar-refractivity contribution in [3.05, 3.63) is 29.6 Å². The van der Waals surface area contributed by atoms with Gasteiger partial charge in [-0.2, -0.15) is 0 Å². The molecule has 0 radical (unpaired) electrons. The van der Waals surface area contributed by atoms with Crippen molar-refractivity contribution in [2.45, 2.75) is 44.8 Å². The van der Waals surface area contributed by atoms with E-state index in [4.69, 9.17) is 0 Å². The number of benzene rings is 1. The van der Waals surface area contributed by atoms with Crippen LogP contribution in [0.25, 0.3) is 0 Å². The van der Waals surface area contributed by atoms with Gasteiger partial charge in [-0.1, -0.05) is 0 Å². The first-order valence-electron chi connectivity index (χ1n) is 8.07. The third-order valence-corrected chi connectivity index (χ3v) is 5.14. The second-order valence-electron chi connectivity index (χ2n) is 6.51. The molecular weight excluding hydrogens is 265 g/mol. The molecule has 2 fully saturated rings.